The van der Waals surface area contributed by atoms with Crippen molar-refractivity contribution in [1.29, 1.82) is 0 Å². The third-order valence-corrected chi connectivity index (χ3v) is 15.2. The predicted octanol–water partition coefficient (Wildman–Crippen LogP) is 6.39. The number of imide groups is 2. The fourth-order valence-corrected chi connectivity index (χ4v) is 11.6. The average molecular weight is 913 g/mol. The van der Waals surface area contributed by atoms with Gasteiger partial charge >= 0.3 is 0 Å². The summed E-state index contributed by atoms with van der Waals surface area (Å²) in [4.78, 5) is 77.9. The lowest BCUT2D eigenvalue weighted by atomic mass is 9.85. The van der Waals surface area contributed by atoms with E-state index in [0.29, 0.717) is 48.7 Å². The minimum atomic E-state index is -2.69. The molecule has 15 nitrogen and oxygen atoms in total. The molecule has 11 rings (SSSR count). The first-order chi connectivity index (χ1) is 32.4. The molecule has 1 aliphatic carbocycles. The maximum atomic E-state index is 15.1. The number of hydrogen-bond donors (Lipinski definition) is 1. The second-order valence-electron chi connectivity index (χ2n) is 19.2. The number of piperidine rings is 1. The van der Waals surface area contributed by atoms with Gasteiger partial charge in [-0.25, -0.2) is 13.8 Å². The van der Waals surface area contributed by atoms with E-state index in [1.807, 2.05) is 46.8 Å². The van der Waals surface area contributed by atoms with Crippen LogP contribution in [0.4, 0.5) is 26.0 Å². The van der Waals surface area contributed by atoms with Crippen LogP contribution in [0.5, 0.6) is 0 Å². The van der Waals surface area contributed by atoms with E-state index in [9.17, 15) is 24.0 Å². The number of rotatable bonds is 8. The molecule has 3 fully saturated rings. The number of halogens is 2. The van der Waals surface area contributed by atoms with E-state index in [-0.39, 0.29) is 35.9 Å². The Morgan fingerprint density at radius 3 is 2.40 bits per heavy atom. The number of pyridine rings is 1. The number of amides is 5. The summed E-state index contributed by atoms with van der Waals surface area (Å²) in [6.07, 6.45) is 9.35. The summed E-state index contributed by atoms with van der Waals surface area (Å²) in [5.74, 6) is -0.713. The average Bonchev–Trinajstić information content (AvgIpc) is 4.02. The number of aromatic nitrogens is 4. The van der Waals surface area contributed by atoms with E-state index in [1.54, 1.807) is 31.3 Å². The van der Waals surface area contributed by atoms with Crippen molar-refractivity contribution in [3.05, 3.63) is 94.1 Å². The number of nitrogens with one attached hydrogen (secondary N) is 1. The first-order valence-electron chi connectivity index (χ1n) is 23.7. The molecule has 17 heteroatoms. The van der Waals surface area contributed by atoms with Crippen LogP contribution in [-0.4, -0.2) is 115 Å². The van der Waals surface area contributed by atoms with Gasteiger partial charge in [0, 0.05) is 112 Å². The third kappa shape index (κ3) is 7.64. The van der Waals surface area contributed by atoms with Gasteiger partial charge < -0.3 is 19.1 Å². The highest BCUT2D eigenvalue weighted by Crippen LogP contribution is 2.45. The summed E-state index contributed by atoms with van der Waals surface area (Å²) in [6, 6.07) is 10.0. The first-order valence-corrected chi connectivity index (χ1v) is 23.7. The largest absolute Gasteiger partial charge is 0.369 e. The van der Waals surface area contributed by atoms with Gasteiger partial charge in [-0.1, -0.05) is 0 Å². The second kappa shape index (κ2) is 17.0. The number of nitrogens with zero attached hydrogens (tertiary/aromatic N) is 9. The number of carbonyl (C=O) groups excluding carboxylic acids is 5. The number of anilines is 3. The van der Waals surface area contributed by atoms with Gasteiger partial charge in [-0.05, 0) is 116 Å². The van der Waals surface area contributed by atoms with E-state index < -0.39 is 36.1 Å². The number of benzene rings is 2. The molecule has 1 atom stereocenters. The maximum Gasteiger partial charge on any atom is 0.264 e. The molecule has 1 N–H and O–H groups in total. The van der Waals surface area contributed by atoms with Gasteiger partial charge in [-0.2, -0.15) is 5.10 Å². The van der Waals surface area contributed by atoms with Gasteiger partial charge in [0.2, 0.25) is 17.7 Å². The van der Waals surface area contributed by atoms with Crippen LogP contribution >= 0.6 is 0 Å². The van der Waals surface area contributed by atoms with Gasteiger partial charge in [0.25, 0.3) is 18.2 Å². The number of aryl methyl sites for hydroxylation is 2. The Kier molecular flexibility index (Phi) is 10.9. The molecule has 67 heavy (non-hydrogen) atoms. The summed E-state index contributed by atoms with van der Waals surface area (Å²) >= 11 is 0. The lowest BCUT2D eigenvalue weighted by molar-refractivity contribution is -0.136. The molecule has 5 aliphatic heterocycles. The van der Waals surface area contributed by atoms with Crippen molar-refractivity contribution >= 4 is 52.4 Å². The standard InChI is InChI=1S/C50H54F2N10O5/c1-29-26-59-17-14-53-44(59)25-36(29)37-22-32-4-3-15-60(43(32)24-38(37)46(51)52)47-40-28-58(30(2)63)16-13-41(40)62(55-47)33-7-5-31(6-8-33)27-56-18-20-57(21-19-56)34-9-10-35-39(23-34)50(67)61(49(35)66)42-11-12-45(64)54-48(42)65/h9-10,14,17,22-26,31,33,42,46H,3-8,11-13,15-16,18-21,27-28H2,1-2H3,(H,54,64,65). The molecule has 2 saturated heterocycles. The Balaban J connectivity index is 0.772. The van der Waals surface area contributed by atoms with Gasteiger partial charge in [0.05, 0.1) is 23.7 Å². The number of piperazine rings is 1. The summed E-state index contributed by atoms with van der Waals surface area (Å²) in [5, 5.41) is 7.64. The number of carbonyl (C=O) groups is 5. The molecule has 0 bridgehead atoms. The topological polar surface area (TPSA) is 149 Å². The van der Waals surface area contributed by atoms with E-state index in [0.717, 1.165) is 121 Å². The van der Waals surface area contributed by atoms with Crippen LogP contribution in [0.25, 0.3) is 16.8 Å². The number of hydrogen-bond acceptors (Lipinski definition) is 10. The summed E-state index contributed by atoms with van der Waals surface area (Å²) in [5.41, 5.74) is 8.24. The van der Waals surface area contributed by atoms with Crippen molar-refractivity contribution in [2.24, 2.45) is 5.92 Å². The molecular formula is C50H54F2N10O5. The molecule has 1 unspecified atom stereocenters. The van der Waals surface area contributed by atoms with E-state index in [4.69, 9.17) is 5.10 Å². The van der Waals surface area contributed by atoms with Crippen LogP contribution in [0.2, 0.25) is 0 Å². The monoisotopic (exact) mass is 912 g/mol. The predicted molar refractivity (Wildman–Crippen MR) is 245 cm³/mol. The van der Waals surface area contributed by atoms with Gasteiger partial charge in [-0.3, -0.25) is 43.8 Å². The zero-order valence-electron chi connectivity index (χ0n) is 37.8. The number of fused-ring (bicyclic) bond motifs is 4. The van der Waals surface area contributed by atoms with Crippen molar-refractivity contribution in [1.82, 2.24) is 39.2 Å². The third-order valence-electron chi connectivity index (χ3n) is 15.2. The molecule has 1 saturated carbocycles. The highest BCUT2D eigenvalue weighted by atomic mass is 19.3. The lowest BCUT2D eigenvalue weighted by Crippen LogP contribution is -2.54. The molecule has 5 aromatic rings. The molecule has 0 spiro atoms. The van der Waals surface area contributed by atoms with E-state index in [2.05, 4.69) is 29.7 Å². The zero-order chi connectivity index (χ0) is 46.2. The zero-order valence-corrected chi connectivity index (χ0v) is 37.8. The summed E-state index contributed by atoms with van der Waals surface area (Å²) < 4.78 is 34.4. The Morgan fingerprint density at radius 2 is 1.64 bits per heavy atom. The van der Waals surface area contributed by atoms with Crippen LogP contribution in [-0.2, 0) is 33.8 Å². The summed E-state index contributed by atoms with van der Waals surface area (Å²) in [6.45, 7) is 9.50. The number of imidazole rings is 1. The normalized spacial score (nSPS) is 22.4. The molecule has 0 radical (unpaired) electrons. The Labute approximate surface area is 386 Å². The fraction of sp³-hybridized carbons (Fsp3) is 0.460. The Bertz CT molecular complexity index is 2860. The molecule has 2 aromatic carbocycles. The van der Waals surface area contributed by atoms with Gasteiger partial charge in [-0.15, -0.1) is 0 Å². The SMILES string of the molecule is CC(=O)N1CCc2c(c(N3CCCc4cc(-c5cc6nccn6cc5C)c(C(F)F)cc43)nn2C2CCC(CN3CCN(c4ccc5c(c4)C(=O)N(C4CCC(=O)NC4=O)C5=O)CC3)CC2)C1. The van der Waals surface area contributed by atoms with Crippen LogP contribution in [0.15, 0.2) is 55.0 Å². The molecule has 5 amide bonds. The minimum absolute atomic E-state index is 0.0106. The van der Waals surface area contributed by atoms with E-state index >= 15 is 8.78 Å². The molecule has 8 heterocycles. The van der Waals surface area contributed by atoms with Crippen LogP contribution in [0, 0.1) is 12.8 Å². The van der Waals surface area contributed by atoms with Crippen molar-refractivity contribution < 1.29 is 32.8 Å². The number of alkyl halides is 2. The molecular weight excluding hydrogens is 859 g/mol. The van der Waals surface area contributed by atoms with Gasteiger partial charge in [0.15, 0.2) is 5.82 Å². The molecule has 6 aliphatic rings. The maximum absolute atomic E-state index is 15.1. The van der Waals surface area contributed by atoms with Crippen LogP contribution in [0.1, 0.15) is 113 Å². The quantitative estimate of drug-likeness (QED) is 0.174. The second-order valence-corrected chi connectivity index (χ2v) is 19.2. The summed E-state index contributed by atoms with van der Waals surface area (Å²) in [7, 11) is 0. The first kappa shape index (κ1) is 43.1. The lowest BCUT2D eigenvalue weighted by Gasteiger charge is -2.39. The van der Waals surface area contributed by atoms with Crippen molar-refractivity contribution in [3.8, 4) is 11.1 Å². The fourth-order valence-electron chi connectivity index (χ4n) is 11.6. The molecule has 348 valence electrons. The van der Waals surface area contributed by atoms with Crippen molar-refractivity contribution in [2.45, 2.75) is 96.7 Å². The van der Waals surface area contributed by atoms with Crippen LogP contribution < -0.4 is 15.1 Å². The van der Waals surface area contributed by atoms with Crippen LogP contribution in [0.3, 0.4) is 0 Å². The highest BCUT2D eigenvalue weighted by molar-refractivity contribution is 6.23. The Hall–Kier alpha value is -6.49. The minimum Gasteiger partial charge on any atom is -0.369 e. The highest BCUT2D eigenvalue weighted by Gasteiger charge is 2.45. The van der Waals surface area contributed by atoms with Gasteiger partial charge in [0.1, 0.15) is 11.7 Å². The van der Waals surface area contributed by atoms with Crippen molar-refractivity contribution in [3.63, 3.8) is 0 Å². The van der Waals surface area contributed by atoms with E-state index in [1.165, 1.54) is 0 Å². The molecule has 3 aromatic heterocycles. The van der Waals surface area contributed by atoms with Crippen molar-refractivity contribution in [2.75, 3.05) is 55.6 Å². The Morgan fingerprint density at radius 1 is 0.851 bits per heavy atom. The smallest absolute Gasteiger partial charge is 0.264 e.